The maximum atomic E-state index is 6.31. The second kappa shape index (κ2) is 6.79. The average molecular weight is 286 g/mol. The van der Waals surface area contributed by atoms with Gasteiger partial charge in [0, 0.05) is 16.1 Å². The molecule has 1 saturated carbocycles. The summed E-state index contributed by atoms with van der Waals surface area (Å²) in [7, 11) is 0. The number of nitrogens with one attached hydrogen (secondary N) is 1. The first-order valence-electron chi connectivity index (χ1n) is 6.89. The SMILES string of the molecule is CCCNC(CCC1CC1)c1ccc(Cl)cc1Cl. The third kappa shape index (κ3) is 4.15. The van der Waals surface area contributed by atoms with Crippen molar-refractivity contribution in [2.24, 2.45) is 5.92 Å². The van der Waals surface area contributed by atoms with Crippen LogP contribution in [0.3, 0.4) is 0 Å². The minimum atomic E-state index is 0.371. The Hall–Kier alpha value is -0.240. The second-order valence-electron chi connectivity index (χ2n) is 5.19. The van der Waals surface area contributed by atoms with Crippen LogP contribution in [-0.2, 0) is 0 Å². The molecule has 1 N–H and O–H groups in total. The van der Waals surface area contributed by atoms with E-state index in [4.69, 9.17) is 23.2 Å². The minimum absolute atomic E-state index is 0.371. The van der Waals surface area contributed by atoms with Crippen molar-refractivity contribution in [2.45, 2.75) is 45.1 Å². The summed E-state index contributed by atoms with van der Waals surface area (Å²) in [6.45, 7) is 3.22. The Morgan fingerprint density at radius 3 is 2.72 bits per heavy atom. The van der Waals surface area contributed by atoms with Gasteiger partial charge in [-0.25, -0.2) is 0 Å². The van der Waals surface area contributed by atoms with Gasteiger partial charge in [-0.15, -0.1) is 0 Å². The van der Waals surface area contributed by atoms with E-state index in [1.165, 1.54) is 31.2 Å². The van der Waals surface area contributed by atoms with E-state index in [2.05, 4.69) is 18.3 Å². The van der Waals surface area contributed by atoms with Crippen molar-refractivity contribution >= 4 is 23.2 Å². The molecule has 0 radical (unpaired) electrons. The van der Waals surface area contributed by atoms with Gasteiger partial charge in [0.1, 0.15) is 0 Å². The molecule has 0 saturated heterocycles. The predicted octanol–water partition coefficient (Wildman–Crippen LogP) is 5.22. The Morgan fingerprint density at radius 2 is 2.11 bits per heavy atom. The molecule has 1 aliphatic rings. The molecule has 1 aromatic rings. The van der Waals surface area contributed by atoms with Crippen molar-refractivity contribution in [2.75, 3.05) is 6.54 Å². The standard InChI is InChI=1S/C15H21Cl2N/c1-2-9-18-15(8-5-11-3-4-11)13-7-6-12(16)10-14(13)17/h6-7,10-11,15,18H,2-5,8-9H2,1H3. The largest absolute Gasteiger partial charge is 0.310 e. The maximum Gasteiger partial charge on any atom is 0.0468 e. The summed E-state index contributed by atoms with van der Waals surface area (Å²) >= 11 is 12.3. The maximum absolute atomic E-state index is 6.31. The molecule has 18 heavy (non-hydrogen) atoms. The van der Waals surface area contributed by atoms with Gasteiger partial charge in [0.2, 0.25) is 0 Å². The molecule has 1 atom stereocenters. The minimum Gasteiger partial charge on any atom is -0.310 e. The highest BCUT2D eigenvalue weighted by Gasteiger charge is 2.23. The summed E-state index contributed by atoms with van der Waals surface area (Å²) in [5.74, 6) is 0.960. The average Bonchev–Trinajstić information content (AvgIpc) is 3.14. The summed E-state index contributed by atoms with van der Waals surface area (Å²) in [5.41, 5.74) is 1.19. The molecule has 0 bridgehead atoms. The molecule has 1 aliphatic carbocycles. The summed E-state index contributed by atoms with van der Waals surface area (Å²) in [5, 5.41) is 5.09. The third-order valence-electron chi connectivity index (χ3n) is 3.54. The van der Waals surface area contributed by atoms with Crippen LogP contribution >= 0.6 is 23.2 Å². The molecule has 0 aliphatic heterocycles. The van der Waals surface area contributed by atoms with Gasteiger partial charge in [0.25, 0.3) is 0 Å². The van der Waals surface area contributed by atoms with E-state index >= 15 is 0 Å². The molecule has 1 fully saturated rings. The summed E-state index contributed by atoms with van der Waals surface area (Å²) in [6.07, 6.45) is 6.45. The van der Waals surface area contributed by atoms with Crippen molar-refractivity contribution in [1.29, 1.82) is 0 Å². The lowest BCUT2D eigenvalue weighted by Gasteiger charge is -2.20. The summed E-state index contributed by atoms with van der Waals surface area (Å²) in [6, 6.07) is 6.21. The molecule has 0 heterocycles. The van der Waals surface area contributed by atoms with Gasteiger partial charge in [0.05, 0.1) is 0 Å². The molecular weight excluding hydrogens is 265 g/mol. The van der Waals surface area contributed by atoms with Gasteiger partial charge >= 0.3 is 0 Å². The number of hydrogen-bond donors (Lipinski definition) is 1. The number of halogens is 2. The second-order valence-corrected chi connectivity index (χ2v) is 6.04. The van der Waals surface area contributed by atoms with Gasteiger partial charge in [-0.3, -0.25) is 0 Å². The molecule has 1 unspecified atom stereocenters. The highest BCUT2D eigenvalue weighted by atomic mass is 35.5. The first kappa shape index (κ1) is 14.2. The first-order chi connectivity index (χ1) is 8.70. The fraction of sp³-hybridized carbons (Fsp3) is 0.600. The fourth-order valence-electron chi connectivity index (χ4n) is 2.28. The molecule has 1 aromatic carbocycles. The van der Waals surface area contributed by atoms with E-state index in [9.17, 15) is 0 Å². The molecule has 0 spiro atoms. The third-order valence-corrected chi connectivity index (χ3v) is 4.10. The highest BCUT2D eigenvalue weighted by molar-refractivity contribution is 6.35. The topological polar surface area (TPSA) is 12.0 Å². The zero-order chi connectivity index (χ0) is 13.0. The summed E-state index contributed by atoms with van der Waals surface area (Å²) in [4.78, 5) is 0. The van der Waals surface area contributed by atoms with Crippen LogP contribution < -0.4 is 5.32 Å². The fourth-order valence-corrected chi connectivity index (χ4v) is 2.82. The quantitative estimate of drug-likeness (QED) is 0.724. The molecule has 100 valence electrons. The van der Waals surface area contributed by atoms with Gasteiger partial charge < -0.3 is 5.32 Å². The Kier molecular flexibility index (Phi) is 5.35. The van der Waals surface area contributed by atoms with Crippen molar-refractivity contribution in [3.8, 4) is 0 Å². The van der Waals surface area contributed by atoms with E-state index in [-0.39, 0.29) is 0 Å². The van der Waals surface area contributed by atoms with Crippen LogP contribution in [0, 0.1) is 5.92 Å². The Labute approximate surface area is 120 Å². The van der Waals surface area contributed by atoms with Crippen molar-refractivity contribution < 1.29 is 0 Å². The lowest BCUT2D eigenvalue weighted by molar-refractivity contribution is 0.470. The smallest absolute Gasteiger partial charge is 0.0468 e. The lowest BCUT2D eigenvalue weighted by atomic mass is 10.00. The Bertz CT molecular complexity index is 388. The summed E-state index contributed by atoms with van der Waals surface area (Å²) < 4.78 is 0. The number of hydrogen-bond acceptors (Lipinski definition) is 1. The van der Waals surface area contributed by atoms with E-state index in [1.54, 1.807) is 0 Å². The predicted molar refractivity (Wildman–Crippen MR) is 79.5 cm³/mol. The molecule has 1 nitrogen and oxygen atoms in total. The van der Waals surface area contributed by atoms with Crippen molar-refractivity contribution in [1.82, 2.24) is 5.32 Å². The van der Waals surface area contributed by atoms with Crippen molar-refractivity contribution in [3.05, 3.63) is 33.8 Å². The van der Waals surface area contributed by atoms with Crippen LogP contribution in [0.15, 0.2) is 18.2 Å². The molecular formula is C15H21Cl2N. The van der Waals surface area contributed by atoms with E-state index < -0.39 is 0 Å². The van der Waals surface area contributed by atoms with Crippen LogP contribution in [-0.4, -0.2) is 6.54 Å². The van der Waals surface area contributed by atoms with Gasteiger partial charge in [-0.2, -0.15) is 0 Å². The first-order valence-corrected chi connectivity index (χ1v) is 7.64. The highest BCUT2D eigenvalue weighted by Crippen LogP contribution is 2.37. The van der Waals surface area contributed by atoms with Crippen LogP contribution in [0.25, 0.3) is 0 Å². The zero-order valence-corrected chi connectivity index (χ0v) is 12.4. The van der Waals surface area contributed by atoms with Gasteiger partial charge in [0.15, 0.2) is 0 Å². The Balaban J connectivity index is 2.04. The van der Waals surface area contributed by atoms with Crippen LogP contribution in [0.4, 0.5) is 0 Å². The lowest BCUT2D eigenvalue weighted by Crippen LogP contribution is -2.22. The number of benzene rings is 1. The normalized spacial score (nSPS) is 16.8. The van der Waals surface area contributed by atoms with Crippen LogP contribution in [0.2, 0.25) is 10.0 Å². The van der Waals surface area contributed by atoms with E-state index in [0.29, 0.717) is 11.1 Å². The van der Waals surface area contributed by atoms with E-state index in [1.807, 2.05) is 12.1 Å². The number of rotatable bonds is 7. The molecule has 0 aromatic heterocycles. The van der Waals surface area contributed by atoms with Crippen LogP contribution in [0.5, 0.6) is 0 Å². The van der Waals surface area contributed by atoms with Crippen LogP contribution in [0.1, 0.15) is 50.6 Å². The monoisotopic (exact) mass is 285 g/mol. The molecule has 0 amide bonds. The zero-order valence-electron chi connectivity index (χ0n) is 10.9. The Morgan fingerprint density at radius 1 is 1.33 bits per heavy atom. The molecule has 3 heteroatoms. The van der Waals surface area contributed by atoms with Gasteiger partial charge in [-0.05, 0) is 49.4 Å². The molecule has 2 rings (SSSR count). The van der Waals surface area contributed by atoms with Crippen molar-refractivity contribution in [3.63, 3.8) is 0 Å². The van der Waals surface area contributed by atoms with E-state index in [0.717, 1.165) is 23.9 Å². The van der Waals surface area contributed by atoms with Gasteiger partial charge in [-0.1, -0.05) is 49.0 Å².